The first-order valence-corrected chi connectivity index (χ1v) is 11.2. The van der Waals surface area contributed by atoms with E-state index in [9.17, 15) is 8.78 Å². The summed E-state index contributed by atoms with van der Waals surface area (Å²) in [7, 11) is 0. The monoisotopic (exact) mass is 426 g/mol. The number of alkyl halides is 2. The maximum Gasteiger partial charge on any atom is 0.248 e. The molecular formula is C22H36F2N4S. The number of fused-ring (bicyclic) bond motifs is 1. The molecule has 0 spiro atoms. The summed E-state index contributed by atoms with van der Waals surface area (Å²) in [5, 5.41) is 0. The number of thiol groups is 1. The van der Waals surface area contributed by atoms with Gasteiger partial charge in [0.25, 0.3) is 0 Å². The molecule has 1 aromatic heterocycles. The van der Waals surface area contributed by atoms with Gasteiger partial charge in [0.05, 0.1) is 17.6 Å². The summed E-state index contributed by atoms with van der Waals surface area (Å²) in [4.78, 5) is 7.73. The number of imidazole rings is 1. The van der Waals surface area contributed by atoms with Crippen LogP contribution in [0.5, 0.6) is 0 Å². The Bertz CT molecular complexity index is 733. The van der Waals surface area contributed by atoms with Gasteiger partial charge in [-0.15, -0.1) is 0 Å². The van der Waals surface area contributed by atoms with Gasteiger partial charge in [0.1, 0.15) is 5.82 Å². The molecule has 1 aromatic carbocycles. The topological polar surface area (TPSA) is 66.7 Å². The normalized spacial score (nSPS) is 19.2. The highest BCUT2D eigenvalue weighted by Crippen LogP contribution is 2.39. The highest BCUT2D eigenvalue weighted by Gasteiger charge is 2.30. The van der Waals surface area contributed by atoms with Crippen molar-refractivity contribution in [2.24, 2.45) is 17.6 Å². The highest BCUT2D eigenvalue weighted by atomic mass is 32.1. The second-order valence-electron chi connectivity index (χ2n) is 8.81. The molecule has 2 aromatic rings. The third-order valence-electron chi connectivity index (χ3n) is 4.90. The van der Waals surface area contributed by atoms with Gasteiger partial charge in [-0.25, -0.2) is 13.8 Å². The number of nitrogens with two attached hydrogens (primary N) is 1. The quantitative estimate of drug-likeness (QED) is 0.443. The van der Waals surface area contributed by atoms with Gasteiger partial charge in [-0.2, -0.15) is 0 Å². The molecule has 4 N–H and O–H groups in total. The van der Waals surface area contributed by atoms with Crippen LogP contribution in [0.25, 0.3) is 11.0 Å². The van der Waals surface area contributed by atoms with E-state index in [0.717, 1.165) is 29.2 Å². The highest BCUT2D eigenvalue weighted by molar-refractivity contribution is 7.78. The molecule has 0 aliphatic heterocycles. The fourth-order valence-electron chi connectivity index (χ4n) is 3.24. The molecule has 0 amide bonds. The Morgan fingerprint density at radius 3 is 2.31 bits per heavy atom. The van der Waals surface area contributed by atoms with E-state index in [0.29, 0.717) is 25.3 Å². The maximum absolute atomic E-state index is 12.2. The van der Waals surface area contributed by atoms with Gasteiger partial charge in [0.2, 0.25) is 5.92 Å². The minimum atomic E-state index is -2.32. The maximum atomic E-state index is 12.2. The van der Waals surface area contributed by atoms with Crippen LogP contribution in [0.2, 0.25) is 0 Å². The van der Waals surface area contributed by atoms with Crippen LogP contribution < -0.4 is 10.5 Å². The summed E-state index contributed by atoms with van der Waals surface area (Å²) < 4.78 is 27.2. The molecule has 164 valence electrons. The van der Waals surface area contributed by atoms with Crippen LogP contribution >= 0.6 is 12.8 Å². The molecule has 1 heterocycles. The van der Waals surface area contributed by atoms with Crippen molar-refractivity contribution in [3.63, 3.8) is 0 Å². The van der Waals surface area contributed by atoms with Gasteiger partial charge in [-0.3, -0.25) is 4.72 Å². The SMILES string of the molecule is CC(C)C.FC1(F)CCCCC1.NC(c1ccc2nc(CNS)[nH]c2c1)C1CC1. The number of benzene rings is 1. The zero-order valence-corrected chi connectivity index (χ0v) is 18.7. The van der Waals surface area contributed by atoms with Gasteiger partial charge < -0.3 is 10.7 Å². The van der Waals surface area contributed by atoms with Gasteiger partial charge in [0.15, 0.2) is 0 Å². The lowest BCUT2D eigenvalue weighted by Gasteiger charge is -2.20. The van der Waals surface area contributed by atoms with Crippen molar-refractivity contribution in [3.05, 3.63) is 29.6 Å². The summed E-state index contributed by atoms with van der Waals surface area (Å²) in [6.45, 7) is 7.13. The number of H-pyrrole nitrogens is 1. The summed E-state index contributed by atoms with van der Waals surface area (Å²) in [6.07, 6.45) is 5.18. The molecule has 0 bridgehead atoms. The number of rotatable bonds is 4. The van der Waals surface area contributed by atoms with Crippen LogP contribution in [0.4, 0.5) is 8.78 Å². The van der Waals surface area contributed by atoms with E-state index in [2.05, 4.69) is 60.4 Å². The van der Waals surface area contributed by atoms with Crippen molar-refractivity contribution in [1.82, 2.24) is 14.7 Å². The zero-order chi connectivity index (χ0) is 21.4. The second-order valence-corrected chi connectivity index (χ2v) is 9.12. The predicted molar refractivity (Wildman–Crippen MR) is 120 cm³/mol. The molecule has 0 radical (unpaired) electrons. The molecule has 2 saturated carbocycles. The van der Waals surface area contributed by atoms with Crippen LogP contribution in [-0.4, -0.2) is 15.9 Å². The van der Waals surface area contributed by atoms with E-state index in [-0.39, 0.29) is 18.9 Å². The van der Waals surface area contributed by atoms with E-state index in [1.165, 1.54) is 18.4 Å². The summed E-state index contributed by atoms with van der Waals surface area (Å²) in [5.74, 6) is 0.0826. The Morgan fingerprint density at radius 2 is 1.83 bits per heavy atom. The molecule has 2 fully saturated rings. The molecule has 2 aliphatic carbocycles. The first-order chi connectivity index (χ1) is 13.7. The third-order valence-corrected chi connectivity index (χ3v) is 5.06. The Kier molecular flexibility index (Phi) is 9.37. The predicted octanol–water partition coefficient (Wildman–Crippen LogP) is 6.16. The van der Waals surface area contributed by atoms with Crippen LogP contribution in [0.15, 0.2) is 18.2 Å². The van der Waals surface area contributed by atoms with Gasteiger partial charge in [-0.1, -0.05) is 46.1 Å². The largest absolute Gasteiger partial charge is 0.341 e. The molecule has 4 nitrogen and oxygen atoms in total. The summed E-state index contributed by atoms with van der Waals surface area (Å²) >= 11 is 3.97. The van der Waals surface area contributed by atoms with Crippen LogP contribution in [0.1, 0.15) is 83.1 Å². The van der Waals surface area contributed by atoms with Crippen molar-refractivity contribution in [1.29, 1.82) is 0 Å². The van der Waals surface area contributed by atoms with Gasteiger partial charge in [-0.05, 0) is 55.2 Å². The Hall–Kier alpha value is -1.18. The smallest absolute Gasteiger partial charge is 0.248 e. The molecule has 4 rings (SSSR count). The average Bonchev–Trinajstić information content (AvgIpc) is 3.41. The van der Waals surface area contributed by atoms with Crippen molar-refractivity contribution in [2.75, 3.05) is 0 Å². The Balaban J connectivity index is 0.000000208. The summed E-state index contributed by atoms with van der Waals surface area (Å²) in [5.41, 5.74) is 9.44. The van der Waals surface area contributed by atoms with Gasteiger partial charge in [0, 0.05) is 18.9 Å². The zero-order valence-electron chi connectivity index (χ0n) is 17.8. The lowest BCUT2D eigenvalue weighted by molar-refractivity contribution is -0.0337. The number of aromatic nitrogens is 2. The van der Waals surface area contributed by atoms with E-state index in [4.69, 9.17) is 5.73 Å². The van der Waals surface area contributed by atoms with E-state index >= 15 is 0 Å². The van der Waals surface area contributed by atoms with Crippen molar-refractivity contribution < 1.29 is 8.78 Å². The molecule has 1 atom stereocenters. The van der Waals surface area contributed by atoms with Crippen molar-refractivity contribution in [2.45, 2.75) is 84.2 Å². The van der Waals surface area contributed by atoms with Crippen molar-refractivity contribution in [3.8, 4) is 0 Å². The molecule has 7 heteroatoms. The number of hydrogen-bond donors (Lipinski definition) is 4. The van der Waals surface area contributed by atoms with E-state index in [1.54, 1.807) is 0 Å². The van der Waals surface area contributed by atoms with E-state index in [1.807, 2.05) is 6.07 Å². The molecule has 29 heavy (non-hydrogen) atoms. The molecular weight excluding hydrogens is 390 g/mol. The lowest BCUT2D eigenvalue weighted by Crippen LogP contribution is -2.18. The number of hydrogen-bond acceptors (Lipinski definition) is 4. The van der Waals surface area contributed by atoms with Gasteiger partial charge >= 0.3 is 0 Å². The standard InChI is InChI=1S/C12H16N4S.C6H10F2.C4H10/c13-12(7-1-2-7)8-3-4-9-10(5-8)16-11(15-9)6-14-17;7-6(8)4-2-1-3-5-6;1-4(2)3/h3-5,7,12,14,17H,1-2,6,13H2,(H,15,16);1-5H2;4H,1-3H3. The first-order valence-electron chi connectivity index (χ1n) is 10.7. The number of nitrogens with one attached hydrogen (secondary N) is 2. The van der Waals surface area contributed by atoms with Crippen molar-refractivity contribution >= 4 is 23.8 Å². The molecule has 0 saturated heterocycles. The lowest BCUT2D eigenvalue weighted by atomic mass is 9.97. The number of nitrogens with zero attached hydrogens (tertiary/aromatic N) is 1. The van der Waals surface area contributed by atoms with Crippen LogP contribution in [0.3, 0.4) is 0 Å². The third kappa shape index (κ3) is 8.60. The van der Waals surface area contributed by atoms with Crippen LogP contribution in [0, 0.1) is 11.8 Å². The Labute approximate surface area is 179 Å². The minimum Gasteiger partial charge on any atom is -0.341 e. The molecule has 2 aliphatic rings. The minimum absolute atomic E-state index is 0.118. The molecule has 1 unspecified atom stereocenters. The fourth-order valence-corrected chi connectivity index (χ4v) is 3.39. The first kappa shape index (κ1) is 24.1. The average molecular weight is 427 g/mol. The Morgan fingerprint density at radius 1 is 1.21 bits per heavy atom. The summed E-state index contributed by atoms with van der Waals surface area (Å²) in [6, 6.07) is 6.41. The van der Waals surface area contributed by atoms with Crippen LogP contribution in [-0.2, 0) is 6.54 Å². The number of aromatic amines is 1. The fraction of sp³-hybridized carbons (Fsp3) is 0.682. The second kappa shape index (κ2) is 11.3. The van der Waals surface area contributed by atoms with E-state index < -0.39 is 5.92 Å². The number of halogens is 2.